The summed E-state index contributed by atoms with van der Waals surface area (Å²) >= 11 is 3.59. The van der Waals surface area contributed by atoms with Gasteiger partial charge in [0.2, 0.25) is 0 Å². The Balaban J connectivity index is 2.64. The average Bonchev–Trinajstić information content (AvgIpc) is 2.29. The van der Waals surface area contributed by atoms with E-state index in [2.05, 4.69) is 39.1 Å². The highest BCUT2D eigenvalue weighted by Crippen LogP contribution is 2.29. The third-order valence-electron chi connectivity index (χ3n) is 2.56. The van der Waals surface area contributed by atoms with E-state index in [9.17, 15) is 0 Å². The monoisotopic (exact) mass is 257 g/mol. The fourth-order valence-corrected chi connectivity index (χ4v) is 2.46. The van der Waals surface area contributed by atoms with Crippen molar-refractivity contribution in [3.63, 3.8) is 0 Å². The molecule has 2 heteroatoms. The molecule has 2 aromatic carbocycles. The van der Waals surface area contributed by atoms with Crippen LogP contribution in [-0.2, 0) is 0 Å². The van der Waals surface area contributed by atoms with Crippen LogP contribution in [0.3, 0.4) is 0 Å². The van der Waals surface area contributed by atoms with Crippen LogP contribution in [0.25, 0.3) is 21.7 Å². The number of halogens is 1. The molecule has 0 unspecified atom stereocenters. The molecule has 0 saturated carbocycles. The minimum atomic E-state index is 1.04. The summed E-state index contributed by atoms with van der Waals surface area (Å²) in [5.74, 6) is 0. The molecule has 0 fully saturated rings. The van der Waals surface area contributed by atoms with E-state index in [1.807, 2.05) is 30.5 Å². The van der Waals surface area contributed by atoms with Gasteiger partial charge in [-0.1, -0.05) is 46.3 Å². The minimum absolute atomic E-state index is 1.04. The molecule has 0 aliphatic carbocycles. The van der Waals surface area contributed by atoms with E-state index in [-0.39, 0.29) is 0 Å². The molecule has 72 valence electrons. The first-order chi connectivity index (χ1) is 7.36. The van der Waals surface area contributed by atoms with E-state index >= 15 is 0 Å². The Kier molecular flexibility index (Phi) is 1.96. The molecule has 0 saturated heterocycles. The van der Waals surface area contributed by atoms with Gasteiger partial charge in [0.05, 0.1) is 5.52 Å². The first kappa shape index (κ1) is 8.86. The number of pyridine rings is 1. The van der Waals surface area contributed by atoms with Crippen molar-refractivity contribution in [2.24, 2.45) is 0 Å². The average molecular weight is 258 g/mol. The fourth-order valence-electron chi connectivity index (χ4n) is 1.87. The number of nitrogens with zero attached hydrogens (tertiary/aromatic N) is 1. The van der Waals surface area contributed by atoms with E-state index in [4.69, 9.17) is 0 Å². The Morgan fingerprint density at radius 3 is 2.73 bits per heavy atom. The van der Waals surface area contributed by atoms with E-state index in [0.717, 1.165) is 9.99 Å². The number of para-hydroxylation sites is 1. The van der Waals surface area contributed by atoms with Crippen LogP contribution in [0.4, 0.5) is 0 Å². The lowest BCUT2D eigenvalue weighted by Crippen LogP contribution is -1.82. The summed E-state index contributed by atoms with van der Waals surface area (Å²) in [6.07, 6.45) is 1.92. The largest absolute Gasteiger partial charge is 0.256 e. The van der Waals surface area contributed by atoms with Crippen LogP contribution in [-0.4, -0.2) is 4.98 Å². The second kappa shape index (κ2) is 3.31. The van der Waals surface area contributed by atoms with Crippen molar-refractivity contribution < 1.29 is 0 Å². The molecular formula is C13H8BrN. The fraction of sp³-hybridized carbons (Fsp3) is 0. The van der Waals surface area contributed by atoms with Gasteiger partial charge in [0, 0.05) is 26.8 Å². The summed E-state index contributed by atoms with van der Waals surface area (Å²) in [5.41, 5.74) is 1.04. The van der Waals surface area contributed by atoms with E-state index in [1.54, 1.807) is 0 Å². The van der Waals surface area contributed by atoms with Crippen molar-refractivity contribution in [3.8, 4) is 0 Å². The van der Waals surface area contributed by atoms with Gasteiger partial charge in [0.1, 0.15) is 0 Å². The maximum absolute atomic E-state index is 4.43. The van der Waals surface area contributed by atoms with Gasteiger partial charge < -0.3 is 0 Å². The van der Waals surface area contributed by atoms with Crippen LogP contribution in [0.2, 0.25) is 0 Å². The van der Waals surface area contributed by atoms with Crippen LogP contribution in [0.1, 0.15) is 0 Å². The molecule has 0 amide bonds. The quantitative estimate of drug-likeness (QED) is 0.552. The van der Waals surface area contributed by atoms with Crippen molar-refractivity contribution in [2.75, 3.05) is 0 Å². The molecule has 1 aromatic heterocycles. The van der Waals surface area contributed by atoms with Gasteiger partial charge in [-0.15, -0.1) is 0 Å². The highest BCUT2D eigenvalue weighted by Gasteiger charge is 2.03. The highest BCUT2D eigenvalue weighted by molar-refractivity contribution is 9.10. The van der Waals surface area contributed by atoms with Crippen molar-refractivity contribution in [3.05, 3.63) is 53.1 Å². The lowest BCUT2D eigenvalue weighted by atomic mass is 10.1. The number of benzene rings is 2. The van der Waals surface area contributed by atoms with E-state index < -0.39 is 0 Å². The number of hydrogen-bond acceptors (Lipinski definition) is 1. The Morgan fingerprint density at radius 1 is 0.933 bits per heavy atom. The molecule has 0 bridgehead atoms. The Bertz CT molecular complexity index is 646. The van der Waals surface area contributed by atoms with Crippen LogP contribution >= 0.6 is 15.9 Å². The third-order valence-corrected chi connectivity index (χ3v) is 3.22. The second-order valence-electron chi connectivity index (χ2n) is 3.48. The zero-order chi connectivity index (χ0) is 10.3. The van der Waals surface area contributed by atoms with Crippen LogP contribution in [0.15, 0.2) is 53.1 Å². The van der Waals surface area contributed by atoms with Crippen LogP contribution in [0.5, 0.6) is 0 Å². The summed E-state index contributed by atoms with van der Waals surface area (Å²) in [4.78, 5) is 4.43. The molecule has 3 rings (SSSR count). The Labute approximate surface area is 95.9 Å². The molecule has 0 spiro atoms. The predicted molar refractivity (Wildman–Crippen MR) is 66.9 cm³/mol. The Hall–Kier alpha value is -1.41. The standard InChI is InChI=1S/C13H8BrN/c14-11-6-3-4-9-8-15-12-7-2-1-5-10(12)13(9)11/h1-8H. The zero-order valence-electron chi connectivity index (χ0n) is 7.94. The molecule has 0 aliphatic rings. The number of fused-ring (bicyclic) bond motifs is 3. The number of rotatable bonds is 0. The smallest absolute Gasteiger partial charge is 0.0708 e. The predicted octanol–water partition coefficient (Wildman–Crippen LogP) is 4.15. The lowest BCUT2D eigenvalue weighted by molar-refractivity contribution is 1.44. The molecule has 1 heterocycles. The first-order valence-corrected chi connectivity index (χ1v) is 5.57. The molecule has 0 aliphatic heterocycles. The summed E-state index contributed by atoms with van der Waals surface area (Å²) in [7, 11) is 0. The van der Waals surface area contributed by atoms with Gasteiger partial charge in [-0.3, -0.25) is 4.98 Å². The van der Waals surface area contributed by atoms with Gasteiger partial charge in [0.15, 0.2) is 0 Å². The number of aromatic nitrogens is 1. The third kappa shape index (κ3) is 1.33. The number of hydrogen-bond donors (Lipinski definition) is 0. The molecular weight excluding hydrogens is 250 g/mol. The molecule has 1 nitrogen and oxygen atoms in total. The van der Waals surface area contributed by atoms with Crippen LogP contribution in [0, 0.1) is 0 Å². The van der Waals surface area contributed by atoms with Gasteiger partial charge in [-0.05, 0) is 12.1 Å². The van der Waals surface area contributed by atoms with Gasteiger partial charge in [-0.2, -0.15) is 0 Å². The zero-order valence-corrected chi connectivity index (χ0v) is 9.53. The maximum atomic E-state index is 4.43. The Morgan fingerprint density at radius 2 is 1.80 bits per heavy atom. The SMILES string of the molecule is Brc1cccc2cnc3ccccc3c12. The summed E-state index contributed by atoms with van der Waals surface area (Å²) in [5, 5.41) is 3.61. The van der Waals surface area contributed by atoms with Crippen molar-refractivity contribution >= 4 is 37.6 Å². The first-order valence-electron chi connectivity index (χ1n) is 4.78. The molecule has 0 N–H and O–H groups in total. The maximum Gasteiger partial charge on any atom is 0.0708 e. The topological polar surface area (TPSA) is 12.9 Å². The second-order valence-corrected chi connectivity index (χ2v) is 4.33. The molecule has 0 atom stereocenters. The normalized spacial score (nSPS) is 11.0. The van der Waals surface area contributed by atoms with Crippen LogP contribution < -0.4 is 0 Å². The minimum Gasteiger partial charge on any atom is -0.256 e. The van der Waals surface area contributed by atoms with Crippen molar-refractivity contribution in [1.82, 2.24) is 4.98 Å². The van der Waals surface area contributed by atoms with Crippen molar-refractivity contribution in [2.45, 2.75) is 0 Å². The summed E-state index contributed by atoms with van der Waals surface area (Å²) in [6.45, 7) is 0. The summed E-state index contributed by atoms with van der Waals surface area (Å²) < 4.78 is 1.12. The van der Waals surface area contributed by atoms with Gasteiger partial charge in [-0.25, -0.2) is 0 Å². The van der Waals surface area contributed by atoms with E-state index in [0.29, 0.717) is 0 Å². The lowest BCUT2D eigenvalue weighted by Gasteiger charge is -2.04. The van der Waals surface area contributed by atoms with Gasteiger partial charge in [0.25, 0.3) is 0 Å². The molecule has 15 heavy (non-hydrogen) atoms. The molecule has 3 aromatic rings. The van der Waals surface area contributed by atoms with Crippen molar-refractivity contribution in [1.29, 1.82) is 0 Å². The van der Waals surface area contributed by atoms with E-state index in [1.165, 1.54) is 16.2 Å². The summed E-state index contributed by atoms with van der Waals surface area (Å²) in [6, 6.07) is 14.4. The highest BCUT2D eigenvalue weighted by atomic mass is 79.9. The van der Waals surface area contributed by atoms with Gasteiger partial charge >= 0.3 is 0 Å². The molecule has 0 radical (unpaired) electrons.